The summed E-state index contributed by atoms with van der Waals surface area (Å²) >= 11 is 0. The number of carbonyl (C=O) groups excluding carboxylic acids is 1. The maximum atomic E-state index is 11.4. The lowest BCUT2D eigenvalue weighted by atomic mass is 10.3. The Hall–Kier alpha value is -1.71. The largest absolute Gasteiger partial charge is 0.493 e. The summed E-state index contributed by atoms with van der Waals surface area (Å²) in [6.07, 6.45) is 0.813. The molecule has 3 N–H and O–H groups in total. The molecule has 0 saturated heterocycles. The van der Waals surface area contributed by atoms with Crippen LogP contribution >= 0.6 is 24.0 Å². The van der Waals surface area contributed by atoms with Crippen molar-refractivity contribution in [2.45, 2.75) is 32.8 Å². The standard InChI is InChI=1S/C16H25N3O4.HI/c1-11(2)23-15(20)6-5-9-18-16(17)19-12-7-8-13(21-3)14(10-12)22-4;/h7-8,10-11H,5-6,9H2,1-4H3,(H3,17,18,19);1H. The number of guanidine groups is 1. The second-order valence-corrected chi connectivity index (χ2v) is 5.10. The highest BCUT2D eigenvalue weighted by Crippen LogP contribution is 2.29. The van der Waals surface area contributed by atoms with E-state index in [0.717, 1.165) is 5.69 Å². The van der Waals surface area contributed by atoms with Gasteiger partial charge in [-0.05, 0) is 32.4 Å². The number of hydrogen-bond acceptors (Lipinski definition) is 5. The molecular weight excluding hydrogens is 425 g/mol. The average Bonchev–Trinajstić information content (AvgIpc) is 2.50. The Balaban J connectivity index is 0.00000529. The van der Waals surface area contributed by atoms with Gasteiger partial charge in [-0.15, -0.1) is 24.0 Å². The Bertz CT molecular complexity index is 550. The summed E-state index contributed by atoms with van der Waals surface area (Å²) in [6.45, 7) is 4.08. The number of hydrogen-bond donors (Lipinski definition) is 2. The van der Waals surface area contributed by atoms with Gasteiger partial charge in [-0.2, -0.15) is 0 Å². The van der Waals surface area contributed by atoms with Crippen LogP contribution in [-0.4, -0.2) is 38.8 Å². The molecule has 8 heteroatoms. The van der Waals surface area contributed by atoms with E-state index in [1.807, 2.05) is 19.9 Å². The summed E-state index contributed by atoms with van der Waals surface area (Å²) in [5, 5.41) is 2.96. The van der Waals surface area contributed by atoms with Crippen LogP contribution in [0.2, 0.25) is 0 Å². The topological polar surface area (TPSA) is 95.2 Å². The first kappa shape index (κ1) is 22.3. The number of nitrogens with zero attached hydrogens (tertiary/aromatic N) is 1. The van der Waals surface area contributed by atoms with E-state index in [-0.39, 0.29) is 42.0 Å². The van der Waals surface area contributed by atoms with Crippen LogP contribution < -0.4 is 20.5 Å². The zero-order valence-corrected chi connectivity index (χ0v) is 16.8. The van der Waals surface area contributed by atoms with Crippen LogP contribution in [0, 0.1) is 0 Å². The molecule has 0 bridgehead atoms. The second-order valence-electron chi connectivity index (χ2n) is 5.10. The normalized spacial score (nSPS) is 10.8. The molecule has 1 aromatic rings. The lowest BCUT2D eigenvalue weighted by Crippen LogP contribution is -2.23. The minimum absolute atomic E-state index is 0. The molecular formula is C16H26IN3O4. The Labute approximate surface area is 160 Å². The Morgan fingerprint density at radius 3 is 2.50 bits per heavy atom. The minimum Gasteiger partial charge on any atom is -0.493 e. The third-order valence-electron chi connectivity index (χ3n) is 2.84. The predicted octanol–water partition coefficient (Wildman–Crippen LogP) is 2.78. The van der Waals surface area contributed by atoms with Gasteiger partial charge in [0.05, 0.1) is 20.3 Å². The zero-order chi connectivity index (χ0) is 17.2. The third kappa shape index (κ3) is 8.23. The fraction of sp³-hybridized carbons (Fsp3) is 0.500. The summed E-state index contributed by atoms with van der Waals surface area (Å²) in [6, 6.07) is 5.35. The number of esters is 1. The first-order chi connectivity index (χ1) is 11.0. The Morgan fingerprint density at radius 1 is 1.25 bits per heavy atom. The predicted molar refractivity (Wildman–Crippen MR) is 106 cm³/mol. The van der Waals surface area contributed by atoms with Crippen LogP contribution in [0.5, 0.6) is 11.5 Å². The summed E-state index contributed by atoms with van der Waals surface area (Å²) in [5.41, 5.74) is 6.56. The summed E-state index contributed by atoms with van der Waals surface area (Å²) in [5.74, 6) is 1.29. The van der Waals surface area contributed by atoms with Gasteiger partial charge in [0.25, 0.3) is 0 Å². The monoisotopic (exact) mass is 451 g/mol. The number of carbonyl (C=O) groups is 1. The fourth-order valence-electron chi connectivity index (χ4n) is 1.85. The van der Waals surface area contributed by atoms with Crippen molar-refractivity contribution in [2.75, 3.05) is 26.1 Å². The van der Waals surface area contributed by atoms with Gasteiger partial charge in [-0.3, -0.25) is 9.79 Å². The molecule has 0 unspecified atom stereocenters. The van der Waals surface area contributed by atoms with E-state index in [9.17, 15) is 4.79 Å². The number of nitrogens with two attached hydrogens (primary N) is 1. The van der Waals surface area contributed by atoms with Crippen LogP contribution in [0.1, 0.15) is 26.7 Å². The van der Waals surface area contributed by atoms with Crippen LogP contribution in [0.4, 0.5) is 5.69 Å². The quantitative estimate of drug-likeness (QED) is 0.208. The van der Waals surface area contributed by atoms with Gasteiger partial charge in [-0.1, -0.05) is 0 Å². The van der Waals surface area contributed by atoms with E-state index in [4.69, 9.17) is 19.9 Å². The first-order valence-electron chi connectivity index (χ1n) is 7.44. The number of halogens is 1. The average molecular weight is 451 g/mol. The summed E-state index contributed by atoms with van der Waals surface area (Å²) in [4.78, 5) is 15.5. The van der Waals surface area contributed by atoms with E-state index in [1.165, 1.54) is 0 Å². The fourth-order valence-corrected chi connectivity index (χ4v) is 1.85. The van der Waals surface area contributed by atoms with E-state index in [2.05, 4.69) is 10.3 Å². The van der Waals surface area contributed by atoms with E-state index in [0.29, 0.717) is 30.9 Å². The highest BCUT2D eigenvalue weighted by molar-refractivity contribution is 14.0. The zero-order valence-electron chi connectivity index (χ0n) is 14.5. The molecule has 1 aromatic carbocycles. The molecule has 0 aliphatic rings. The molecule has 0 radical (unpaired) electrons. The van der Waals surface area contributed by atoms with Crippen molar-refractivity contribution < 1.29 is 19.0 Å². The molecule has 0 aliphatic carbocycles. The third-order valence-corrected chi connectivity index (χ3v) is 2.84. The highest BCUT2D eigenvalue weighted by Gasteiger charge is 2.06. The van der Waals surface area contributed by atoms with Crippen molar-refractivity contribution in [2.24, 2.45) is 10.7 Å². The lowest BCUT2D eigenvalue weighted by molar-refractivity contribution is -0.147. The molecule has 0 saturated carbocycles. The van der Waals surface area contributed by atoms with Crippen molar-refractivity contribution in [1.82, 2.24) is 0 Å². The second kappa shape index (κ2) is 11.8. The van der Waals surface area contributed by atoms with Gasteiger partial charge in [0.1, 0.15) is 0 Å². The smallest absolute Gasteiger partial charge is 0.306 e. The molecule has 0 heterocycles. The first-order valence-corrected chi connectivity index (χ1v) is 7.44. The van der Waals surface area contributed by atoms with Gasteiger partial charge in [-0.25, -0.2) is 0 Å². The van der Waals surface area contributed by atoms with Gasteiger partial charge in [0, 0.05) is 24.7 Å². The maximum Gasteiger partial charge on any atom is 0.306 e. The number of ether oxygens (including phenoxy) is 3. The number of aliphatic imine (C=N–C) groups is 1. The molecule has 0 fully saturated rings. The van der Waals surface area contributed by atoms with Crippen LogP contribution in [0.3, 0.4) is 0 Å². The van der Waals surface area contributed by atoms with E-state index < -0.39 is 0 Å². The molecule has 0 aliphatic heterocycles. The van der Waals surface area contributed by atoms with Gasteiger partial charge in [0.2, 0.25) is 0 Å². The maximum absolute atomic E-state index is 11.4. The van der Waals surface area contributed by atoms with Crippen molar-refractivity contribution in [3.8, 4) is 11.5 Å². The molecule has 0 spiro atoms. The molecule has 24 heavy (non-hydrogen) atoms. The number of rotatable bonds is 8. The number of methoxy groups -OCH3 is 2. The Morgan fingerprint density at radius 2 is 1.92 bits per heavy atom. The van der Waals surface area contributed by atoms with Crippen molar-refractivity contribution in [1.29, 1.82) is 0 Å². The van der Waals surface area contributed by atoms with E-state index >= 15 is 0 Å². The van der Waals surface area contributed by atoms with Crippen LogP contribution in [-0.2, 0) is 9.53 Å². The highest BCUT2D eigenvalue weighted by atomic mass is 127. The summed E-state index contributed by atoms with van der Waals surface area (Å²) in [7, 11) is 3.14. The molecule has 1 rings (SSSR count). The minimum atomic E-state index is -0.221. The molecule has 7 nitrogen and oxygen atoms in total. The number of nitrogens with one attached hydrogen (secondary N) is 1. The van der Waals surface area contributed by atoms with Gasteiger partial charge >= 0.3 is 5.97 Å². The summed E-state index contributed by atoms with van der Waals surface area (Å²) < 4.78 is 15.4. The van der Waals surface area contributed by atoms with Crippen molar-refractivity contribution in [3.63, 3.8) is 0 Å². The van der Waals surface area contributed by atoms with Crippen LogP contribution in [0.15, 0.2) is 23.2 Å². The number of anilines is 1. The van der Waals surface area contributed by atoms with Gasteiger partial charge in [0.15, 0.2) is 17.5 Å². The lowest BCUT2D eigenvalue weighted by Gasteiger charge is -2.11. The molecule has 0 atom stereocenters. The van der Waals surface area contributed by atoms with Crippen molar-refractivity contribution >= 4 is 41.6 Å². The van der Waals surface area contributed by atoms with E-state index in [1.54, 1.807) is 26.4 Å². The van der Waals surface area contributed by atoms with Gasteiger partial charge < -0.3 is 25.3 Å². The van der Waals surface area contributed by atoms with Crippen LogP contribution in [0.25, 0.3) is 0 Å². The molecule has 0 aromatic heterocycles. The Kier molecular flexibility index (Phi) is 10.9. The molecule has 136 valence electrons. The van der Waals surface area contributed by atoms with Crippen molar-refractivity contribution in [3.05, 3.63) is 18.2 Å². The number of benzene rings is 1. The SMILES string of the molecule is COc1ccc(NC(N)=NCCCC(=O)OC(C)C)cc1OC.I. The molecule has 0 amide bonds.